The Labute approximate surface area is 111 Å². The molecule has 1 aromatic carbocycles. The van der Waals surface area contributed by atoms with Crippen LogP contribution < -0.4 is 4.90 Å². The zero-order chi connectivity index (χ0) is 13.1. The maximum Gasteiger partial charge on any atom is 0.0666 e. The molecular formula is C16H25NO. The fourth-order valence-corrected chi connectivity index (χ4v) is 3.03. The Bertz CT molecular complexity index is 400. The monoisotopic (exact) mass is 247 g/mol. The van der Waals surface area contributed by atoms with Gasteiger partial charge in [0.1, 0.15) is 0 Å². The first-order valence-electron chi connectivity index (χ1n) is 6.99. The number of nitrogens with zero attached hydrogens (tertiary/aromatic N) is 1. The van der Waals surface area contributed by atoms with Crippen molar-refractivity contribution in [1.29, 1.82) is 0 Å². The third kappa shape index (κ3) is 2.69. The fraction of sp³-hybridized carbons (Fsp3) is 0.625. The molecule has 2 heteroatoms. The molecule has 1 heterocycles. The van der Waals surface area contributed by atoms with Crippen molar-refractivity contribution in [1.82, 2.24) is 0 Å². The van der Waals surface area contributed by atoms with Gasteiger partial charge in [-0.1, -0.05) is 19.9 Å². The highest BCUT2D eigenvalue weighted by atomic mass is 16.5. The van der Waals surface area contributed by atoms with Crippen LogP contribution in [0, 0.1) is 6.92 Å². The first-order chi connectivity index (χ1) is 8.63. The number of methoxy groups -OCH3 is 1. The molecule has 0 bridgehead atoms. The molecule has 0 amide bonds. The van der Waals surface area contributed by atoms with Crippen LogP contribution in [0.3, 0.4) is 0 Å². The summed E-state index contributed by atoms with van der Waals surface area (Å²) in [6.07, 6.45) is 2.53. The van der Waals surface area contributed by atoms with Gasteiger partial charge in [-0.05, 0) is 48.9 Å². The van der Waals surface area contributed by atoms with E-state index in [9.17, 15) is 0 Å². The van der Waals surface area contributed by atoms with Crippen molar-refractivity contribution in [2.24, 2.45) is 0 Å². The third-order valence-electron chi connectivity index (χ3n) is 3.94. The van der Waals surface area contributed by atoms with Gasteiger partial charge in [-0.25, -0.2) is 0 Å². The Balaban J connectivity index is 2.20. The lowest BCUT2D eigenvalue weighted by Crippen LogP contribution is -2.32. The van der Waals surface area contributed by atoms with Crippen molar-refractivity contribution in [3.8, 4) is 0 Å². The van der Waals surface area contributed by atoms with Crippen molar-refractivity contribution in [3.63, 3.8) is 0 Å². The summed E-state index contributed by atoms with van der Waals surface area (Å²) in [6.45, 7) is 8.73. The molecule has 1 saturated heterocycles. The molecule has 2 rings (SSSR count). The first kappa shape index (κ1) is 13.4. The number of anilines is 1. The number of hydrogen-bond donors (Lipinski definition) is 0. The van der Waals surface area contributed by atoms with Gasteiger partial charge in [0.2, 0.25) is 0 Å². The number of benzene rings is 1. The first-order valence-corrected chi connectivity index (χ1v) is 6.99. The van der Waals surface area contributed by atoms with Crippen LogP contribution in [0.1, 0.15) is 43.7 Å². The summed E-state index contributed by atoms with van der Waals surface area (Å²) >= 11 is 0. The molecule has 0 saturated carbocycles. The van der Waals surface area contributed by atoms with E-state index in [4.69, 9.17) is 4.74 Å². The Morgan fingerprint density at radius 3 is 2.78 bits per heavy atom. The third-order valence-corrected chi connectivity index (χ3v) is 3.94. The minimum atomic E-state index is 0.555. The van der Waals surface area contributed by atoms with Gasteiger partial charge < -0.3 is 9.64 Å². The van der Waals surface area contributed by atoms with E-state index in [1.807, 2.05) is 0 Å². The molecule has 1 fully saturated rings. The zero-order valence-corrected chi connectivity index (χ0v) is 12.1. The highest BCUT2D eigenvalue weighted by Crippen LogP contribution is 2.29. The summed E-state index contributed by atoms with van der Waals surface area (Å²) in [7, 11) is 1.80. The summed E-state index contributed by atoms with van der Waals surface area (Å²) in [5.74, 6) is 0.604. The molecule has 2 nitrogen and oxygen atoms in total. The molecule has 0 aliphatic carbocycles. The molecule has 0 aromatic heterocycles. The van der Waals surface area contributed by atoms with Gasteiger partial charge in [0, 0.05) is 19.3 Å². The van der Waals surface area contributed by atoms with Crippen molar-refractivity contribution >= 4 is 5.69 Å². The average Bonchev–Trinajstić information content (AvgIpc) is 2.77. The molecule has 0 N–H and O–H groups in total. The molecule has 1 aliphatic heterocycles. The molecule has 100 valence electrons. The number of aryl methyl sites for hydroxylation is 1. The maximum atomic E-state index is 5.33. The predicted octanol–water partition coefficient (Wildman–Crippen LogP) is 3.73. The largest absolute Gasteiger partial charge is 0.383 e. The van der Waals surface area contributed by atoms with E-state index in [-0.39, 0.29) is 0 Å². The Hall–Kier alpha value is -1.02. The van der Waals surface area contributed by atoms with Gasteiger partial charge in [0.05, 0.1) is 12.6 Å². The Morgan fingerprint density at radius 2 is 2.17 bits per heavy atom. The van der Waals surface area contributed by atoms with Gasteiger partial charge in [-0.15, -0.1) is 0 Å². The minimum Gasteiger partial charge on any atom is -0.383 e. The van der Waals surface area contributed by atoms with E-state index in [1.165, 1.54) is 29.7 Å². The fourth-order valence-electron chi connectivity index (χ4n) is 3.03. The van der Waals surface area contributed by atoms with Crippen LogP contribution in [0.2, 0.25) is 0 Å². The molecule has 1 aromatic rings. The van der Waals surface area contributed by atoms with Crippen LogP contribution in [0.25, 0.3) is 0 Å². The molecular weight excluding hydrogens is 222 g/mol. The lowest BCUT2D eigenvalue weighted by molar-refractivity contribution is 0.181. The van der Waals surface area contributed by atoms with Crippen molar-refractivity contribution in [2.45, 2.75) is 45.6 Å². The topological polar surface area (TPSA) is 12.5 Å². The van der Waals surface area contributed by atoms with E-state index >= 15 is 0 Å². The van der Waals surface area contributed by atoms with Gasteiger partial charge >= 0.3 is 0 Å². The lowest BCUT2D eigenvalue weighted by atomic mass is 9.97. The SMILES string of the molecule is COC[C@@H]1CCCN1c1ccc(C(C)C)c(C)c1. The summed E-state index contributed by atoms with van der Waals surface area (Å²) < 4.78 is 5.33. The molecule has 18 heavy (non-hydrogen) atoms. The molecule has 0 spiro atoms. The molecule has 1 aliphatic rings. The number of ether oxygens (including phenoxy) is 1. The van der Waals surface area contributed by atoms with E-state index in [2.05, 4.69) is 43.9 Å². The van der Waals surface area contributed by atoms with E-state index in [0.29, 0.717) is 12.0 Å². The van der Waals surface area contributed by atoms with Gasteiger partial charge in [0.25, 0.3) is 0 Å². The molecule has 0 radical (unpaired) electrons. The minimum absolute atomic E-state index is 0.555. The van der Waals surface area contributed by atoms with Gasteiger partial charge in [-0.3, -0.25) is 0 Å². The van der Waals surface area contributed by atoms with E-state index in [0.717, 1.165) is 13.2 Å². The standard InChI is InChI=1S/C16H25NO/c1-12(2)16-8-7-14(10-13(16)3)17-9-5-6-15(17)11-18-4/h7-8,10,12,15H,5-6,9,11H2,1-4H3/t15-/m0/s1. The highest BCUT2D eigenvalue weighted by Gasteiger charge is 2.24. The maximum absolute atomic E-state index is 5.33. The van der Waals surface area contributed by atoms with Crippen LogP contribution in [-0.2, 0) is 4.74 Å². The van der Waals surface area contributed by atoms with Crippen LogP contribution in [-0.4, -0.2) is 26.3 Å². The average molecular weight is 247 g/mol. The van der Waals surface area contributed by atoms with Crippen LogP contribution in [0.4, 0.5) is 5.69 Å². The lowest BCUT2D eigenvalue weighted by Gasteiger charge is -2.27. The zero-order valence-electron chi connectivity index (χ0n) is 12.1. The van der Waals surface area contributed by atoms with Gasteiger partial charge in [-0.2, -0.15) is 0 Å². The van der Waals surface area contributed by atoms with E-state index in [1.54, 1.807) is 7.11 Å². The smallest absolute Gasteiger partial charge is 0.0666 e. The van der Waals surface area contributed by atoms with Crippen LogP contribution in [0.15, 0.2) is 18.2 Å². The second-order valence-corrected chi connectivity index (χ2v) is 5.64. The second-order valence-electron chi connectivity index (χ2n) is 5.64. The van der Waals surface area contributed by atoms with Crippen LogP contribution >= 0.6 is 0 Å². The highest BCUT2D eigenvalue weighted by molar-refractivity contribution is 5.53. The van der Waals surface area contributed by atoms with Crippen molar-refractivity contribution in [2.75, 3.05) is 25.2 Å². The summed E-state index contributed by atoms with van der Waals surface area (Å²) in [6, 6.07) is 7.45. The quantitative estimate of drug-likeness (QED) is 0.803. The second kappa shape index (κ2) is 5.75. The predicted molar refractivity (Wildman–Crippen MR) is 77.5 cm³/mol. The summed E-state index contributed by atoms with van der Waals surface area (Å²) in [5.41, 5.74) is 4.23. The summed E-state index contributed by atoms with van der Waals surface area (Å²) in [4.78, 5) is 2.50. The number of rotatable bonds is 4. The Morgan fingerprint density at radius 1 is 1.39 bits per heavy atom. The summed E-state index contributed by atoms with van der Waals surface area (Å²) in [5, 5.41) is 0. The number of hydrogen-bond acceptors (Lipinski definition) is 2. The van der Waals surface area contributed by atoms with Gasteiger partial charge in [0.15, 0.2) is 0 Å². The van der Waals surface area contributed by atoms with E-state index < -0.39 is 0 Å². The molecule has 1 atom stereocenters. The molecule has 0 unspecified atom stereocenters. The van der Waals surface area contributed by atoms with Crippen molar-refractivity contribution in [3.05, 3.63) is 29.3 Å². The van der Waals surface area contributed by atoms with Crippen molar-refractivity contribution < 1.29 is 4.74 Å². The normalized spacial score (nSPS) is 19.8. The van der Waals surface area contributed by atoms with Crippen LogP contribution in [0.5, 0.6) is 0 Å². The Kier molecular flexibility index (Phi) is 4.28.